The smallest absolute Gasteiger partial charge is 0.325 e. The van der Waals surface area contributed by atoms with Crippen molar-refractivity contribution in [1.82, 2.24) is 14.8 Å². The summed E-state index contributed by atoms with van der Waals surface area (Å²) in [7, 11) is 0. The van der Waals surface area contributed by atoms with Crippen molar-refractivity contribution in [1.29, 1.82) is 0 Å². The minimum absolute atomic E-state index is 0.0876. The van der Waals surface area contributed by atoms with Crippen molar-refractivity contribution >= 4 is 23.4 Å². The Bertz CT molecular complexity index is 781. The van der Waals surface area contributed by atoms with Gasteiger partial charge in [0.1, 0.15) is 0 Å². The van der Waals surface area contributed by atoms with E-state index in [2.05, 4.69) is 34.6 Å². The van der Waals surface area contributed by atoms with Gasteiger partial charge < -0.3 is 5.32 Å². The number of benzene rings is 1. The van der Waals surface area contributed by atoms with Crippen molar-refractivity contribution < 1.29 is 4.79 Å². The van der Waals surface area contributed by atoms with E-state index in [0.29, 0.717) is 11.7 Å². The van der Waals surface area contributed by atoms with Crippen molar-refractivity contribution in [2.75, 3.05) is 11.1 Å². The lowest BCUT2D eigenvalue weighted by Gasteiger charge is -2.08. The van der Waals surface area contributed by atoms with Crippen LogP contribution in [0.25, 0.3) is 0 Å². The summed E-state index contributed by atoms with van der Waals surface area (Å²) in [6.07, 6.45) is 5.32. The Labute approximate surface area is 145 Å². The quantitative estimate of drug-likeness (QED) is 0.755. The number of carbonyl (C=O) groups excluding carboxylic acids is 1. The van der Waals surface area contributed by atoms with Crippen LogP contribution in [-0.2, 0) is 24.2 Å². The Kier molecular flexibility index (Phi) is 5.40. The number of unbranched alkanes of at least 4 members (excludes halogenated alkanes) is 1. The summed E-state index contributed by atoms with van der Waals surface area (Å²) in [5.41, 5.74) is 3.34. The van der Waals surface area contributed by atoms with Gasteiger partial charge in [-0.05, 0) is 48.9 Å². The molecule has 1 aliphatic rings. The van der Waals surface area contributed by atoms with Gasteiger partial charge in [-0.25, -0.2) is 9.89 Å². The van der Waals surface area contributed by atoms with Gasteiger partial charge in [0.15, 0.2) is 5.16 Å². The van der Waals surface area contributed by atoms with Gasteiger partial charge in [-0.1, -0.05) is 31.2 Å². The molecule has 7 heteroatoms. The summed E-state index contributed by atoms with van der Waals surface area (Å²) in [6, 6.07) is 6.12. The number of nitrogens with one attached hydrogen (secondary N) is 2. The fourth-order valence-corrected chi connectivity index (χ4v) is 3.68. The molecule has 3 rings (SSSR count). The van der Waals surface area contributed by atoms with Crippen LogP contribution in [0.4, 0.5) is 5.69 Å². The lowest BCUT2D eigenvalue weighted by molar-refractivity contribution is -0.113. The van der Waals surface area contributed by atoms with E-state index >= 15 is 0 Å². The van der Waals surface area contributed by atoms with Crippen molar-refractivity contribution in [3.8, 4) is 0 Å². The molecule has 128 valence electrons. The minimum Gasteiger partial charge on any atom is -0.325 e. The second kappa shape index (κ2) is 7.70. The Morgan fingerprint density at radius 3 is 3.04 bits per heavy atom. The molecule has 0 atom stereocenters. The van der Waals surface area contributed by atoms with Gasteiger partial charge in [-0.3, -0.25) is 9.36 Å². The highest BCUT2D eigenvalue weighted by Crippen LogP contribution is 2.25. The summed E-state index contributed by atoms with van der Waals surface area (Å²) >= 11 is 1.28. The summed E-state index contributed by atoms with van der Waals surface area (Å²) in [6.45, 7) is 2.70. The Balaban J connectivity index is 1.57. The molecule has 1 amide bonds. The predicted molar refractivity (Wildman–Crippen MR) is 95.6 cm³/mol. The molecule has 0 aliphatic heterocycles. The second-order valence-corrected chi connectivity index (χ2v) is 6.93. The molecule has 24 heavy (non-hydrogen) atoms. The van der Waals surface area contributed by atoms with E-state index in [4.69, 9.17) is 0 Å². The first-order valence-corrected chi connectivity index (χ1v) is 9.35. The number of hydrogen-bond acceptors (Lipinski definition) is 4. The molecular weight excluding hydrogens is 324 g/mol. The van der Waals surface area contributed by atoms with E-state index < -0.39 is 0 Å². The average Bonchev–Trinajstić information content (AvgIpc) is 3.17. The highest BCUT2D eigenvalue weighted by molar-refractivity contribution is 7.99. The molecular formula is C17H22N4O2S. The second-order valence-electron chi connectivity index (χ2n) is 5.99. The SMILES string of the molecule is CCCCn1c(SCC(=O)Nc2ccc3c(c2)CCC3)n[nH]c1=O. The molecule has 6 nitrogen and oxygen atoms in total. The first-order chi connectivity index (χ1) is 11.7. The van der Waals surface area contributed by atoms with E-state index in [1.807, 2.05) is 6.07 Å². The van der Waals surface area contributed by atoms with Gasteiger partial charge in [0, 0.05) is 12.2 Å². The zero-order valence-electron chi connectivity index (χ0n) is 13.8. The Hall–Kier alpha value is -2.02. The number of aromatic amines is 1. The zero-order valence-corrected chi connectivity index (χ0v) is 14.6. The first-order valence-electron chi connectivity index (χ1n) is 8.37. The fraction of sp³-hybridized carbons (Fsp3) is 0.471. The van der Waals surface area contributed by atoms with Crippen molar-refractivity contribution in [2.24, 2.45) is 0 Å². The number of rotatable bonds is 7. The minimum atomic E-state index is -0.218. The number of aryl methyl sites for hydroxylation is 2. The van der Waals surface area contributed by atoms with Crippen LogP contribution in [0.3, 0.4) is 0 Å². The molecule has 0 saturated carbocycles. The third-order valence-corrected chi connectivity index (χ3v) is 5.15. The largest absolute Gasteiger partial charge is 0.343 e. The van der Waals surface area contributed by atoms with E-state index in [0.717, 1.165) is 31.4 Å². The standard InChI is InChI=1S/C17H22N4O2S/c1-2-3-9-21-16(23)19-20-17(21)24-11-15(22)18-14-8-7-12-5-4-6-13(12)10-14/h7-8,10H,2-6,9,11H2,1H3,(H,18,22)(H,19,23). The third-order valence-electron chi connectivity index (χ3n) is 4.17. The third kappa shape index (κ3) is 3.90. The number of H-pyrrole nitrogens is 1. The van der Waals surface area contributed by atoms with Crippen molar-refractivity contribution in [3.63, 3.8) is 0 Å². The number of hydrogen-bond donors (Lipinski definition) is 2. The van der Waals surface area contributed by atoms with Crippen molar-refractivity contribution in [3.05, 3.63) is 39.8 Å². The summed E-state index contributed by atoms with van der Waals surface area (Å²) in [5, 5.41) is 9.95. The first kappa shape index (κ1) is 16.8. The van der Waals surface area contributed by atoms with Gasteiger partial charge >= 0.3 is 5.69 Å². The molecule has 2 aromatic rings. The summed E-state index contributed by atoms with van der Waals surface area (Å²) in [4.78, 5) is 23.9. The monoisotopic (exact) mass is 346 g/mol. The zero-order chi connectivity index (χ0) is 16.9. The fourth-order valence-electron chi connectivity index (χ4n) is 2.90. The van der Waals surface area contributed by atoms with E-state index in [1.165, 1.54) is 29.3 Å². The summed E-state index contributed by atoms with van der Waals surface area (Å²) in [5.74, 6) is 0.142. The van der Waals surface area contributed by atoms with E-state index in [1.54, 1.807) is 4.57 Å². The lowest BCUT2D eigenvalue weighted by Crippen LogP contribution is -2.19. The van der Waals surface area contributed by atoms with E-state index in [-0.39, 0.29) is 17.3 Å². The van der Waals surface area contributed by atoms with Crippen LogP contribution in [0.1, 0.15) is 37.3 Å². The van der Waals surface area contributed by atoms with Gasteiger partial charge in [0.05, 0.1) is 5.75 Å². The highest BCUT2D eigenvalue weighted by atomic mass is 32.2. The number of fused-ring (bicyclic) bond motifs is 1. The molecule has 0 saturated heterocycles. The highest BCUT2D eigenvalue weighted by Gasteiger charge is 2.13. The topological polar surface area (TPSA) is 79.8 Å². The van der Waals surface area contributed by atoms with Gasteiger partial charge in [-0.2, -0.15) is 0 Å². The predicted octanol–water partition coefficient (Wildman–Crippen LogP) is 2.59. The molecule has 0 radical (unpaired) electrons. The molecule has 0 bridgehead atoms. The molecule has 0 unspecified atom stereocenters. The van der Waals surface area contributed by atoms with Crippen LogP contribution < -0.4 is 11.0 Å². The molecule has 1 aromatic heterocycles. The summed E-state index contributed by atoms with van der Waals surface area (Å²) < 4.78 is 1.59. The maximum atomic E-state index is 12.2. The normalized spacial score (nSPS) is 13.0. The molecule has 0 spiro atoms. The number of nitrogens with zero attached hydrogens (tertiary/aromatic N) is 2. The van der Waals surface area contributed by atoms with Gasteiger partial charge in [0.2, 0.25) is 5.91 Å². The van der Waals surface area contributed by atoms with Crippen LogP contribution in [0.15, 0.2) is 28.2 Å². The van der Waals surface area contributed by atoms with Crippen LogP contribution in [0.2, 0.25) is 0 Å². The van der Waals surface area contributed by atoms with Gasteiger partial charge in [0.25, 0.3) is 0 Å². The molecule has 0 fully saturated rings. The Morgan fingerprint density at radius 2 is 2.21 bits per heavy atom. The van der Waals surface area contributed by atoms with E-state index in [9.17, 15) is 9.59 Å². The molecule has 1 aliphatic carbocycles. The van der Waals surface area contributed by atoms with Crippen LogP contribution >= 0.6 is 11.8 Å². The Morgan fingerprint density at radius 1 is 1.38 bits per heavy atom. The number of carbonyl (C=O) groups is 1. The van der Waals surface area contributed by atoms with Crippen LogP contribution in [0.5, 0.6) is 0 Å². The number of amides is 1. The maximum Gasteiger partial charge on any atom is 0.343 e. The van der Waals surface area contributed by atoms with Gasteiger partial charge in [-0.15, -0.1) is 5.10 Å². The van der Waals surface area contributed by atoms with Crippen LogP contribution in [0, 0.1) is 0 Å². The lowest BCUT2D eigenvalue weighted by atomic mass is 10.1. The van der Waals surface area contributed by atoms with Crippen LogP contribution in [-0.4, -0.2) is 26.4 Å². The number of aromatic nitrogens is 3. The number of anilines is 1. The van der Waals surface area contributed by atoms with Crippen molar-refractivity contribution in [2.45, 2.75) is 50.7 Å². The maximum absolute atomic E-state index is 12.2. The average molecular weight is 346 g/mol. The molecule has 1 aromatic carbocycles. The molecule has 2 N–H and O–H groups in total. The molecule has 1 heterocycles. The number of thioether (sulfide) groups is 1.